The van der Waals surface area contributed by atoms with Gasteiger partial charge in [-0.1, -0.05) is 37.6 Å². The van der Waals surface area contributed by atoms with Gasteiger partial charge >= 0.3 is 0 Å². The molecule has 0 spiro atoms. The van der Waals surface area contributed by atoms with Gasteiger partial charge in [0.25, 0.3) is 0 Å². The lowest BCUT2D eigenvalue weighted by molar-refractivity contribution is -0.118. The van der Waals surface area contributed by atoms with Crippen LogP contribution in [0.15, 0.2) is 35.1 Å². The quantitative estimate of drug-likeness (QED) is 0.327. The lowest BCUT2D eigenvalue weighted by Crippen LogP contribution is -2.26. The number of Topliss-reactive ketones (excluding diaryl/α,β-unsaturated/α-hetero) is 1. The van der Waals surface area contributed by atoms with Gasteiger partial charge < -0.3 is 8.98 Å². The number of ketones is 1. The van der Waals surface area contributed by atoms with E-state index in [1.165, 1.54) is 43.2 Å². The smallest absolute Gasteiger partial charge is 0.194 e. The zero-order valence-electron chi connectivity index (χ0n) is 21.5. The van der Waals surface area contributed by atoms with E-state index in [2.05, 4.69) is 55.4 Å². The van der Waals surface area contributed by atoms with E-state index in [1.54, 1.807) is 12.5 Å². The first-order chi connectivity index (χ1) is 16.9. The molecule has 3 aromatic rings. The Kier molecular flexibility index (Phi) is 6.90. The van der Waals surface area contributed by atoms with Gasteiger partial charge in [-0.05, 0) is 68.9 Å². The molecule has 5 rings (SSSR count). The maximum absolute atomic E-state index is 13.3. The van der Waals surface area contributed by atoms with E-state index in [0.717, 1.165) is 29.0 Å². The first-order valence-electron chi connectivity index (χ1n) is 13.3. The molecular weight excluding hydrogens is 436 g/mol. The van der Waals surface area contributed by atoms with Gasteiger partial charge in [-0.25, -0.2) is 4.98 Å². The maximum Gasteiger partial charge on any atom is 0.194 e. The Bertz CT molecular complexity index is 1150. The van der Waals surface area contributed by atoms with E-state index in [9.17, 15) is 4.79 Å². The average Bonchev–Trinajstić information content (AvgIpc) is 3.30. The molecule has 0 bridgehead atoms. The number of rotatable bonds is 11. The SMILES string of the molecule is Cc1ccc(CC(=O)CC(Cc2ncco2)c2nnc(C3CC(CC(C)C)C3)n2C2CC2)c(C)c1. The summed E-state index contributed by atoms with van der Waals surface area (Å²) in [5, 5.41) is 9.46. The molecule has 6 nitrogen and oxygen atoms in total. The van der Waals surface area contributed by atoms with Crippen molar-refractivity contribution in [1.29, 1.82) is 0 Å². The Morgan fingerprint density at radius 3 is 2.63 bits per heavy atom. The van der Waals surface area contributed by atoms with Crippen LogP contribution in [0.5, 0.6) is 0 Å². The van der Waals surface area contributed by atoms with Gasteiger partial charge in [-0.3, -0.25) is 4.79 Å². The van der Waals surface area contributed by atoms with Crippen LogP contribution in [0.25, 0.3) is 0 Å². The van der Waals surface area contributed by atoms with Gasteiger partial charge in [0.1, 0.15) is 23.7 Å². The third kappa shape index (κ3) is 5.57. The van der Waals surface area contributed by atoms with E-state index >= 15 is 0 Å². The molecule has 2 aromatic heterocycles. The molecule has 1 aromatic carbocycles. The molecule has 2 heterocycles. The number of aromatic nitrogens is 4. The average molecular weight is 475 g/mol. The van der Waals surface area contributed by atoms with Crippen molar-refractivity contribution in [2.45, 2.75) is 96.9 Å². The summed E-state index contributed by atoms with van der Waals surface area (Å²) in [7, 11) is 0. The van der Waals surface area contributed by atoms with Crippen LogP contribution < -0.4 is 0 Å². The molecule has 1 unspecified atom stereocenters. The van der Waals surface area contributed by atoms with Crippen LogP contribution in [0.4, 0.5) is 0 Å². The van der Waals surface area contributed by atoms with Crippen LogP contribution in [0.1, 0.15) is 104 Å². The highest BCUT2D eigenvalue weighted by Gasteiger charge is 2.39. The van der Waals surface area contributed by atoms with Crippen molar-refractivity contribution in [1.82, 2.24) is 19.7 Å². The van der Waals surface area contributed by atoms with Crippen LogP contribution in [-0.2, 0) is 17.6 Å². The molecule has 0 radical (unpaired) electrons. The predicted molar refractivity (Wildman–Crippen MR) is 135 cm³/mol. The zero-order chi connectivity index (χ0) is 24.5. The van der Waals surface area contributed by atoms with Gasteiger partial charge in [0.15, 0.2) is 5.89 Å². The summed E-state index contributed by atoms with van der Waals surface area (Å²) in [4.78, 5) is 17.7. The fourth-order valence-corrected chi connectivity index (χ4v) is 5.81. The fraction of sp³-hybridized carbons (Fsp3) is 0.586. The first-order valence-corrected chi connectivity index (χ1v) is 13.3. The second-order valence-electron chi connectivity index (χ2n) is 11.4. The molecule has 2 fully saturated rings. The molecule has 35 heavy (non-hydrogen) atoms. The number of benzene rings is 1. The monoisotopic (exact) mass is 474 g/mol. The molecule has 1 atom stereocenters. The summed E-state index contributed by atoms with van der Waals surface area (Å²) < 4.78 is 7.99. The second-order valence-corrected chi connectivity index (χ2v) is 11.4. The molecule has 2 aliphatic carbocycles. The Morgan fingerprint density at radius 1 is 1.17 bits per heavy atom. The highest BCUT2D eigenvalue weighted by atomic mass is 16.3. The number of oxazole rings is 1. The molecular formula is C29H38N4O2. The number of aryl methyl sites for hydroxylation is 2. The Hall–Kier alpha value is -2.76. The number of nitrogens with zero attached hydrogens (tertiary/aromatic N) is 4. The third-order valence-corrected chi connectivity index (χ3v) is 7.70. The zero-order valence-corrected chi connectivity index (χ0v) is 21.5. The Balaban J connectivity index is 1.37. The highest BCUT2D eigenvalue weighted by molar-refractivity contribution is 5.82. The van der Waals surface area contributed by atoms with Gasteiger partial charge in [-0.15, -0.1) is 10.2 Å². The molecule has 0 amide bonds. The Labute approximate surface area is 208 Å². The van der Waals surface area contributed by atoms with Crippen LogP contribution >= 0.6 is 0 Å². The van der Waals surface area contributed by atoms with Crippen LogP contribution in [-0.4, -0.2) is 25.5 Å². The topological polar surface area (TPSA) is 73.8 Å². The maximum atomic E-state index is 13.3. The van der Waals surface area contributed by atoms with Crippen molar-refractivity contribution >= 4 is 5.78 Å². The molecule has 2 saturated carbocycles. The third-order valence-electron chi connectivity index (χ3n) is 7.70. The minimum atomic E-state index is -0.0831. The molecule has 0 N–H and O–H groups in total. The first kappa shape index (κ1) is 24.0. The predicted octanol–water partition coefficient (Wildman–Crippen LogP) is 6.29. The second kappa shape index (κ2) is 10.1. The molecule has 0 saturated heterocycles. The van der Waals surface area contributed by atoms with E-state index in [4.69, 9.17) is 14.6 Å². The largest absolute Gasteiger partial charge is 0.449 e. The summed E-state index contributed by atoms with van der Waals surface area (Å²) in [6.45, 7) is 8.78. The van der Waals surface area contributed by atoms with Crippen molar-refractivity contribution in [3.63, 3.8) is 0 Å². The van der Waals surface area contributed by atoms with Gasteiger partial charge in [0.05, 0.1) is 6.20 Å². The van der Waals surface area contributed by atoms with Crippen molar-refractivity contribution in [3.05, 3.63) is 64.9 Å². The Morgan fingerprint density at radius 2 is 1.97 bits per heavy atom. The normalized spacial score (nSPS) is 20.7. The lowest BCUT2D eigenvalue weighted by atomic mass is 9.71. The van der Waals surface area contributed by atoms with Gasteiger partial charge in [0.2, 0.25) is 0 Å². The van der Waals surface area contributed by atoms with Crippen LogP contribution in [0.2, 0.25) is 0 Å². The van der Waals surface area contributed by atoms with Gasteiger partial charge in [0, 0.05) is 37.1 Å². The summed E-state index contributed by atoms with van der Waals surface area (Å²) in [6, 6.07) is 6.79. The highest BCUT2D eigenvalue weighted by Crippen LogP contribution is 2.48. The number of carbonyl (C=O) groups is 1. The standard InChI is InChI=1S/C29H38N4O2/c1-18(2)11-21-13-23(14-21)28-31-32-29(33(28)25-7-8-25)24(17-27-30-9-10-35-27)16-26(34)15-22-6-5-19(3)12-20(22)4/h5-6,9-10,12,18,21,23-25H,7-8,11,13-17H2,1-4H3. The lowest BCUT2D eigenvalue weighted by Gasteiger charge is -2.36. The fourth-order valence-electron chi connectivity index (χ4n) is 5.81. The van der Waals surface area contributed by atoms with Crippen molar-refractivity contribution in [3.8, 4) is 0 Å². The van der Waals surface area contributed by atoms with E-state index in [1.807, 2.05) is 0 Å². The van der Waals surface area contributed by atoms with Crippen LogP contribution in [0, 0.1) is 25.7 Å². The molecule has 2 aliphatic rings. The van der Waals surface area contributed by atoms with E-state index in [0.29, 0.717) is 37.1 Å². The van der Waals surface area contributed by atoms with Gasteiger partial charge in [-0.2, -0.15) is 0 Å². The van der Waals surface area contributed by atoms with E-state index < -0.39 is 0 Å². The number of carbonyl (C=O) groups excluding carboxylic acids is 1. The molecule has 6 heteroatoms. The number of hydrogen-bond acceptors (Lipinski definition) is 5. The van der Waals surface area contributed by atoms with E-state index in [-0.39, 0.29) is 11.7 Å². The van der Waals surface area contributed by atoms with Crippen LogP contribution in [0.3, 0.4) is 0 Å². The van der Waals surface area contributed by atoms with Crippen molar-refractivity contribution < 1.29 is 9.21 Å². The summed E-state index contributed by atoms with van der Waals surface area (Å²) in [5.74, 6) is 4.92. The van der Waals surface area contributed by atoms with Crippen molar-refractivity contribution in [2.24, 2.45) is 11.8 Å². The molecule has 0 aliphatic heterocycles. The minimum Gasteiger partial charge on any atom is -0.449 e. The summed E-state index contributed by atoms with van der Waals surface area (Å²) in [5.41, 5.74) is 3.50. The number of hydrogen-bond donors (Lipinski definition) is 0. The molecule has 186 valence electrons. The summed E-state index contributed by atoms with van der Waals surface area (Å²) >= 11 is 0. The van der Waals surface area contributed by atoms with Crippen molar-refractivity contribution in [2.75, 3.05) is 0 Å². The summed E-state index contributed by atoms with van der Waals surface area (Å²) in [6.07, 6.45) is 10.7. The minimum absolute atomic E-state index is 0.0831.